The molecule has 2 aromatic carbocycles. The van der Waals surface area contributed by atoms with E-state index in [0.29, 0.717) is 31.0 Å². The Labute approximate surface area is 185 Å². The summed E-state index contributed by atoms with van der Waals surface area (Å²) >= 11 is 0. The lowest BCUT2D eigenvalue weighted by Crippen LogP contribution is -2.27. The van der Waals surface area contributed by atoms with E-state index in [2.05, 4.69) is 6.58 Å². The molecule has 2 rings (SSSR count). The summed E-state index contributed by atoms with van der Waals surface area (Å²) in [6.45, 7) is 10.3. The van der Waals surface area contributed by atoms with Gasteiger partial charge in [-0.2, -0.15) is 0 Å². The summed E-state index contributed by atoms with van der Waals surface area (Å²) in [5, 5.41) is 0. The van der Waals surface area contributed by atoms with Crippen LogP contribution in [0.3, 0.4) is 0 Å². The van der Waals surface area contributed by atoms with Crippen LogP contribution in [0.25, 0.3) is 0 Å². The predicted octanol–water partition coefficient (Wildman–Crippen LogP) is 6.01. The summed E-state index contributed by atoms with van der Waals surface area (Å²) < 4.78 is 16.3. The number of para-hydroxylation sites is 1. The summed E-state index contributed by atoms with van der Waals surface area (Å²) in [5.41, 5.74) is 1.87. The summed E-state index contributed by atoms with van der Waals surface area (Å²) in [6, 6.07) is 16.9. The van der Waals surface area contributed by atoms with Crippen LogP contribution >= 0.6 is 0 Å². The van der Waals surface area contributed by atoms with E-state index in [4.69, 9.17) is 14.2 Å². The Bertz CT molecular complexity index is 853. The van der Waals surface area contributed by atoms with Gasteiger partial charge in [-0.1, -0.05) is 49.0 Å². The van der Waals surface area contributed by atoms with E-state index in [9.17, 15) is 9.59 Å². The number of hydrogen-bond acceptors (Lipinski definition) is 5. The van der Waals surface area contributed by atoms with E-state index in [1.165, 1.54) is 5.56 Å². The Balaban J connectivity index is 1.71. The van der Waals surface area contributed by atoms with E-state index in [1.54, 1.807) is 31.2 Å². The lowest BCUT2D eigenvalue weighted by Gasteiger charge is -2.25. The van der Waals surface area contributed by atoms with Crippen molar-refractivity contribution in [2.24, 2.45) is 0 Å². The fraction of sp³-hybridized carbons (Fsp3) is 0.385. The molecule has 0 aliphatic heterocycles. The molecule has 166 valence electrons. The molecular formula is C26H32O5. The first-order chi connectivity index (χ1) is 14.8. The number of ketones is 1. The lowest BCUT2D eigenvalue weighted by molar-refractivity contribution is -0.115. The third-order valence-corrected chi connectivity index (χ3v) is 4.85. The molecule has 2 aromatic rings. The van der Waals surface area contributed by atoms with Gasteiger partial charge >= 0.3 is 6.16 Å². The van der Waals surface area contributed by atoms with Crippen molar-refractivity contribution >= 4 is 11.9 Å². The normalized spacial score (nSPS) is 11.1. The van der Waals surface area contributed by atoms with Crippen LogP contribution in [0.15, 0.2) is 66.7 Å². The summed E-state index contributed by atoms with van der Waals surface area (Å²) in [5.74, 6) is 0.548. The van der Waals surface area contributed by atoms with Crippen LogP contribution in [0.1, 0.15) is 51.2 Å². The number of aryl methyl sites for hydroxylation is 1. The lowest BCUT2D eigenvalue weighted by atomic mass is 9.96. The van der Waals surface area contributed by atoms with Gasteiger partial charge in [0, 0.05) is 19.6 Å². The second-order valence-electron chi connectivity index (χ2n) is 8.00. The van der Waals surface area contributed by atoms with E-state index >= 15 is 0 Å². The number of carbonyl (C=O) groups is 2. The fourth-order valence-electron chi connectivity index (χ4n) is 2.97. The zero-order valence-electron chi connectivity index (χ0n) is 18.7. The molecule has 0 bridgehead atoms. The van der Waals surface area contributed by atoms with Gasteiger partial charge in [0.15, 0.2) is 5.78 Å². The molecule has 0 atom stereocenters. The van der Waals surface area contributed by atoms with Crippen LogP contribution in [0, 0.1) is 0 Å². The third kappa shape index (κ3) is 8.77. The second kappa shape index (κ2) is 12.1. The highest BCUT2D eigenvalue weighted by Gasteiger charge is 2.26. The van der Waals surface area contributed by atoms with Crippen LogP contribution in [0.4, 0.5) is 4.79 Å². The minimum absolute atomic E-state index is 0.101. The maximum atomic E-state index is 12.1. The third-order valence-electron chi connectivity index (χ3n) is 4.85. The van der Waals surface area contributed by atoms with Crippen molar-refractivity contribution in [3.63, 3.8) is 0 Å². The van der Waals surface area contributed by atoms with Crippen molar-refractivity contribution in [1.29, 1.82) is 0 Å². The number of rotatable bonds is 12. The second-order valence-corrected chi connectivity index (χ2v) is 8.00. The number of allylic oxidation sites excluding steroid dienone is 1. The standard InChI is InChI=1S/C26H32O5/c1-20(2)24(27)13-9-19-29-18-8-10-21-14-16-22(17-15-21)26(3,4)31-25(28)30-23-11-6-5-7-12-23/h5-7,11-12,14-17H,1,8-10,13,18-19H2,2-4H3. The highest BCUT2D eigenvalue weighted by molar-refractivity contribution is 5.93. The number of Topliss-reactive ketones (excluding diaryl/α,β-unsaturated/α-hetero) is 1. The number of carbonyl (C=O) groups excluding carboxylic acids is 2. The maximum absolute atomic E-state index is 12.1. The van der Waals surface area contributed by atoms with Crippen LogP contribution in [0.2, 0.25) is 0 Å². The minimum atomic E-state index is -0.811. The molecule has 0 saturated carbocycles. The number of hydrogen-bond donors (Lipinski definition) is 0. The molecule has 0 heterocycles. The molecule has 0 aliphatic carbocycles. The van der Waals surface area contributed by atoms with Gasteiger partial charge in [-0.15, -0.1) is 0 Å². The van der Waals surface area contributed by atoms with Crippen molar-refractivity contribution in [2.75, 3.05) is 13.2 Å². The fourth-order valence-corrected chi connectivity index (χ4v) is 2.97. The molecule has 0 amide bonds. The quantitative estimate of drug-likeness (QED) is 0.181. The topological polar surface area (TPSA) is 61.8 Å². The van der Waals surface area contributed by atoms with Gasteiger partial charge in [-0.3, -0.25) is 4.79 Å². The first-order valence-corrected chi connectivity index (χ1v) is 10.6. The highest BCUT2D eigenvalue weighted by Crippen LogP contribution is 2.26. The maximum Gasteiger partial charge on any atom is 0.514 e. The molecule has 0 aromatic heterocycles. The average Bonchev–Trinajstić information content (AvgIpc) is 2.73. The van der Waals surface area contributed by atoms with Crippen molar-refractivity contribution < 1.29 is 23.8 Å². The van der Waals surface area contributed by atoms with Gasteiger partial charge in [0.25, 0.3) is 0 Å². The van der Waals surface area contributed by atoms with E-state index in [0.717, 1.165) is 24.8 Å². The van der Waals surface area contributed by atoms with Gasteiger partial charge in [0.1, 0.15) is 11.4 Å². The van der Waals surface area contributed by atoms with Crippen molar-refractivity contribution in [3.8, 4) is 5.75 Å². The molecule has 5 heteroatoms. The Hall–Kier alpha value is -2.92. The summed E-state index contributed by atoms with van der Waals surface area (Å²) in [4.78, 5) is 23.6. The summed E-state index contributed by atoms with van der Waals surface area (Å²) in [7, 11) is 0. The van der Waals surface area contributed by atoms with Gasteiger partial charge in [-0.25, -0.2) is 4.79 Å². The van der Waals surface area contributed by atoms with Gasteiger partial charge in [0.05, 0.1) is 0 Å². The van der Waals surface area contributed by atoms with E-state index in [-0.39, 0.29) is 5.78 Å². The Morgan fingerprint density at radius 3 is 2.23 bits per heavy atom. The predicted molar refractivity (Wildman–Crippen MR) is 121 cm³/mol. The van der Waals surface area contributed by atoms with Crippen LogP contribution in [-0.4, -0.2) is 25.2 Å². The number of benzene rings is 2. The molecule has 31 heavy (non-hydrogen) atoms. The molecule has 0 spiro atoms. The van der Waals surface area contributed by atoms with Crippen molar-refractivity contribution in [1.82, 2.24) is 0 Å². The molecule has 0 fully saturated rings. The van der Waals surface area contributed by atoms with Gasteiger partial charge in [-0.05, 0) is 68.9 Å². The Morgan fingerprint density at radius 1 is 0.935 bits per heavy atom. The zero-order valence-corrected chi connectivity index (χ0v) is 18.7. The molecular weight excluding hydrogens is 392 g/mol. The summed E-state index contributed by atoms with van der Waals surface area (Å²) in [6.07, 6.45) is 2.28. The SMILES string of the molecule is C=C(C)C(=O)CCCOCCCc1ccc(C(C)(C)OC(=O)Oc2ccccc2)cc1. The molecule has 0 N–H and O–H groups in total. The van der Waals surface area contributed by atoms with Crippen molar-refractivity contribution in [2.45, 2.75) is 52.1 Å². The molecule has 5 nitrogen and oxygen atoms in total. The van der Waals surface area contributed by atoms with Crippen LogP contribution in [-0.2, 0) is 26.3 Å². The largest absolute Gasteiger partial charge is 0.514 e. The first kappa shape index (κ1) is 24.4. The average molecular weight is 425 g/mol. The molecule has 0 radical (unpaired) electrons. The zero-order chi connectivity index (χ0) is 22.7. The van der Waals surface area contributed by atoms with E-state index < -0.39 is 11.8 Å². The van der Waals surface area contributed by atoms with Crippen molar-refractivity contribution in [3.05, 3.63) is 77.9 Å². The van der Waals surface area contributed by atoms with Gasteiger partial charge < -0.3 is 14.2 Å². The van der Waals surface area contributed by atoms with Gasteiger partial charge in [0.2, 0.25) is 0 Å². The molecule has 0 aliphatic rings. The number of ether oxygens (including phenoxy) is 3. The molecule has 0 saturated heterocycles. The Kier molecular flexibility index (Phi) is 9.47. The Morgan fingerprint density at radius 2 is 1.58 bits per heavy atom. The highest BCUT2D eigenvalue weighted by atomic mass is 16.7. The smallest absolute Gasteiger partial charge is 0.423 e. The first-order valence-electron chi connectivity index (χ1n) is 10.6. The van der Waals surface area contributed by atoms with E-state index in [1.807, 2.05) is 44.2 Å². The minimum Gasteiger partial charge on any atom is -0.423 e. The van der Waals surface area contributed by atoms with Crippen LogP contribution < -0.4 is 4.74 Å². The van der Waals surface area contributed by atoms with Crippen LogP contribution in [0.5, 0.6) is 5.75 Å². The monoisotopic (exact) mass is 424 g/mol. The molecule has 0 unspecified atom stereocenters.